The molecule has 0 atom stereocenters. The van der Waals surface area contributed by atoms with Gasteiger partial charge >= 0.3 is 0 Å². The number of fused-ring (bicyclic) bond motifs is 1. The topological polar surface area (TPSA) is 69.9 Å². The van der Waals surface area contributed by atoms with E-state index >= 15 is 0 Å². The third-order valence-corrected chi connectivity index (χ3v) is 5.21. The highest BCUT2D eigenvalue weighted by Crippen LogP contribution is 2.20. The highest BCUT2D eigenvalue weighted by Gasteiger charge is 2.24. The van der Waals surface area contributed by atoms with Crippen LogP contribution in [-0.2, 0) is 6.42 Å². The molecule has 1 amide bonds. The van der Waals surface area contributed by atoms with Crippen LogP contribution < -0.4 is 9.80 Å². The first-order valence-electron chi connectivity index (χ1n) is 9.58. The zero-order valence-electron chi connectivity index (χ0n) is 16.5. The van der Waals surface area contributed by atoms with E-state index in [0.717, 1.165) is 42.3 Å². The number of hydrogen-bond acceptors (Lipinski definition) is 6. The maximum absolute atomic E-state index is 12.9. The lowest BCUT2D eigenvalue weighted by Crippen LogP contribution is -2.49. The fraction of sp³-hybridized carbons (Fsp3) is 0.400. The van der Waals surface area contributed by atoms with Gasteiger partial charge in [-0.25, -0.2) is 0 Å². The Labute approximate surface area is 164 Å². The fourth-order valence-electron chi connectivity index (χ4n) is 3.53. The van der Waals surface area contributed by atoms with E-state index in [4.69, 9.17) is 0 Å². The predicted octanol–water partition coefficient (Wildman–Crippen LogP) is 1.72. The van der Waals surface area contributed by atoms with Gasteiger partial charge in [0.25, 0.3) is 11.7 Å². The highest BCUT2D eigenvalue weighted by molar-refractivity contribution is 5.95. The van der Waals surface area contributed by atoms with Crippen molar-refractivity contribution >= 4 is 23.2 Å². The second kappa shape index (κ2) is 7.46. The number of nitrogens with zero attached hydrogens (tertiary/aromatic N) is 7. The number of carbonyl (C=O) groups is 1. The zero-order valence-corrected chi connectivity index (χ0v) is 16.5. The molecule has 28 heavy (non-hydrogen) atoms. The average molecular weight is 379 g/mol. The maximum atomic E-state index is 12.9. The van der Waals surface area contributed by atoms with Crippen molar-refractivity contribution in [2.75, 3.05) is 50.1 Å². The number of amides is 1. The van der Waals surface area contributed by atoms with E-state index < -0.39 is 0 Å². The minimum Gasteiger partial charge on any atom is -0.378 e. The summed E-state index contributed by atoms with van der Waals surface area (Å²) in [4.78, 5) is 23.7. The van der Waals surface area contributed by atoms with Crippen LogP contribution in [0.2, 0.25) is 0 Å². The zero-order chi connectivity index (χ0) is 19.7. The lowest BCUT2D eigenvalue weighted by atomic mass is 10.1. The van der Waals surface area contributed by atoms with E-state index in [1.54, 1.807) is 6.33 Å². The molecule has 0 N–H and O–H groups in total. The Morgan fingerprint density at radius 2 is 1.93 bits per heavy atom. The highest BCUT2D eigenvalue weighted by atomic mass is 16.2. The van der Waals surface area contributed by atoms with E-state index in [-0.39, 0.29) is 5.91 Å². The SMILES string of the molecule is CCc1cc(N2CCN(C(=O)c3cccc(N(C)C)c3)CC2)nc2nncn12. The van der Waals surface area contributed by atoms with Crippen LogP contribution >= 0.6 is 0 Å². The van der Waals surface area contributed by atoms with Crippen molar-refractivity contribution in [1.82, 2.24) is 24.5 Å². The molecule has 1 saturated heterocycles. The molecule has 1 aromatic carbocycles. The molecule has 0 unspecified atom stereocenters. The molecule has 8 nitrogen and oxygen atoms in total. The fourth-order valence-corrected chi connectivity index (χ4v) is 3.53. The summed E-state index contributed by atoms with van der Waals surface area (Å²) in [6.45, 7) is 4.95. The number of aromatic nitrogens is 4. The van der Waals surface area contributed by atoms with E-state index in [1.165, 1.54) is 0 Å². The van der Waals surface area contributed by atoms with Gasteiger partial charge < -0.3 is 14.7 Å². The Hall–Kier alpha value is -3.16. The molecular weight excluding hydrogens is 354 g/mol. The molecule has 1 aliphatic heterocycles. The summed E-state index contributed by atoms with van der Waals surface area (Å²) in [5, 5.41) is 8.05. The van der Waals surface area contributed by atoms with Crippen LogP contribution in [0.5, 0.6) is 0 Å². The number of hydrogen-bond donors (Lipinski definition) is 0. The van der Waals surface area contributed by atoms with Gasteiger partial charge in [-0.05, 0) is 24.6 Å². The molecule has 1 aliphatic rings. The maximum Gasteiger partial charge on any atom is 0.256 e. The normalized spacial score (nSPS) is 14.5. The van der Waals surface area contributed by atoms with E-state index in [0.29, 0.717) is 18.9 Å². The van der Waals surface area contributed by atoms with Crippen LogP contribution in [0.15, 0.2) is 36.7 Å². The molecule has 0 aliphatic carbocycles. The standard InChI is InChI=1S/C20H25N7O/c1-4-16-13-18(22-20-23-21-14-27(16)20)25-8-10-26(11-9-25)19(28)15-6-5-7-17(12-15)24(2)3/h5-7,12-14H,4,8-11H2,1-3H3. The third kappa shape index (κ3) is 3.37. The molecule has 4 rings (SSSR count). The Kier molecular flexibility index (Phi) is 4.85. The van der Waals surface area contributed by atoms with Crippen molar-refractivity contribution in [2.24, 2.45) is 0 Å². The van der Waals surface area contributed by atoms with Crippen LogP contribution in [-0.4, -0.2) is 70.7 Å². The van der Waals surface area contributed by atoms with E-state index in [9.17, 15) is 4.79 Å². The lowest BCUT2D eigenvalue weighted by molar-refractivity contribution is 0.0746. The van der Waals surface area contributed by atoms with Gasteiger partial charge in [-0.1, -0.05) is 13.0 Å². The van der Waals surface area contributed by atoms with Crippen LogP contribution in [0, 0.1) is 0 Å². The number of rotatable bonds is 4. The Balaban J connectivity index is 1.47. The quantitative estimate of drug-likeness (QED) is 0.687. The molecular formula is C20H25N7O. The third-order valence-electron chi connectivity index (χ3n) is 5.21. The van der Waals surface area contributed by atoms with Gasteiger partial charge in [-0.2, -0.15) is 4.98 Å². The smallest absolute Gasteiger partial charge is 0.256 e. The molecule has 2 aromatic heterocycles. The number of aryl methyl sites for hydroxylation is 1. The summed E-state index contributed by atoms with van der Waals surface area (Å²) < 4.78 is 1.92. The number of benzene rings is 1. The Morgan fingerprint density at radius 1 is 1.14 bits per heavy atom. The molecule has 0 radical (unpaired) electrons. The number of anilines is 2. The Morgan fingerprint density at radius 3 is 2.64 bits per heavy atom. The van der Waals surface area contributed by atoms with Crippen molar-refractivity contribution in [2.45, 2.75) is 13.3 Å². The van der Waals surface area contributed by atoms with Gasteiger partial charge in [0.15, 0.2) is 0 Å². The van der Waals surface area contributed by atoms with Crippen molar-refractivity contribution in [3.05, 3.63) is 47.9 Å². The minimum absolute atomic E-state index is 0.0819. The molecule has 1 fully saturated rings. The van der Waals surface area contributed by atoms with Gasteiger partial charge in [0.1, 0.15) is 12.1 Å². The lowest BCUT2D eigenvalue weighted by Gasteiger charge is -2.35. The average Bonchev–Trinajstić information content (AvgIpc) is 3.21. The molecule has 146 valence electrons. The van der Waals surface area contributed by atoms with Crippen molar-refractivity contribution in [1.29, 1.82) is 0 Å². The summed E-state index contributed by atoms with van der Waals surface area (Å²) in [5.41, 5.74) is 2.89. The van der Waals surface area contributed by atoms with Crippen molar-refractivity contribution in [3.63, 3.8) is 0 Å². The van der Waals surface area contributed by atoms with Gasteiger partial charge in [0.05, 0.1) is 0 Å². The summed E-state index contributed by atoms with van der Waals surface area (Å²) in [7, 11) is 3.96. The monoisotopic (exact) mass is 379 g/mol. The summed E-state index contributed by atoms with van der Waals surface area (Å²) in [5.74, 6) is 1.60. The van der Waals surface area contributed by atoms with E-state index in [2.05, 4.69) is 33.1 Å². The first-order chi connectivity index (χ1) is 13.6. The van der Waals surface area contributed by atoms with Crippen LogP contribution in [0.3, 0.4) is 0 Å². The van der Waals surface area contributed by atoms with Gasteiger partial charge in [0.2, 0.25) is 0 Å². The summed E-state index contributed by atoms with van der Waals surface area (Å²) >= 11 is 0. The summed E-state index contributed by atoms with van der Waals surface area (Å²) in [6.07, 6.45) is 2.58. The predicted molar refractivity (Wildman–Crippen MR) is 109 cm³/mol. The van der Waals surface area contributed by atoms with Gasteiger partial charge in [0, 0.05) is 63.3 Å². The van der Waals surface area contributed by atoms with E-state index in [1.807, 2.05) is 52.6 Å². The summed E-state index contributed by atoms with van der Waals surface area (Å²) in [6, 6.07) is 9.86. The molecule has 3 heterocycles. The Bertz CT molecular complexity index is 989. The van der Waals surface area contributed by atoms with Gasteiger partial charge in [-0.3, -0.25) is 9.20 Å². The molecule has 0 saturated carbocycles. The molecule has 0 spiro atoms. The first kappa shape index (κ1) is 18.2. The van der Waals surface area contributed by atoms with Crippen LogP contribution in [0.25, 0.3) is 5.78 Å². The largest absolute Gasteiger partial charge is 0.378 e. The second-order valence-corrected chi connectivity index (χ2v) is 7.18. The van der Waals surface area contributed by atoms with Gasteiger partial charge in [-0.15, -0.1) is 10.2 Å². The minimum atomic E-state index is 0.0819. The second-order valence-electron chi connectivity index (χ2n) is 7.18. The molecule has 8 heteroatoms. The van der Waals surface area contributed by atoms with Crippen molar-refractivity contribution in [3.8, 4) is 0 Å². The number of piperazine rings is 1. The number of carbonyl (C=O) groups excluding carboxylic acids is 1. The van der Waals surface area contributed by atoms with Crippen LogP contribution in [0.4, 0.5) is 11.5 Å². The van der Waals surface area contributed by atoms with Crippen molar-refractivity contribution < 1.29 is 4.79 Å². The first-order valence-corrected chi connectivity index (χ1v) is 9.58. The molecule has 0 bridgehead atoms. The van der Waals surface area contributed by atoms with Crippen LogP contribution in [0.1, 0.15) is 23.0 Å². The molecule has 3 aromatic rings.